The molecular formula is C16H14BrN3O5. The number of anilines is 1. The summed E-state index contributed by atoms with van der Waals surface area (Å²) in [6, 6.07) is 10.8. The van der Waals surface area contributed by atoms with Crippen molar-refractivity contribution in [2.75, 3.05) is 19.0 Å². The van der Waals surface area contributed by atoms with Gasteiger partial charge in [0.1, 0.15) is 0 Å². The first-order valence-corrected chi connectivity index (χ1v) is 7.86. The Morgan fingerprint density at radius 1 is 1.20 bits per heavy atom. The second kappa shape index (κ2) is 8.25. The van der Waals surface area contributed by atoms with Crippen LogP contribution < -0.4 is 15.4 Å². The molecule has 0 aromatic heterocycles. The smallest absolute Gasteiger partial charge is 0.311 e. The van der Waals surface area contributed by atoms with E-state index in [1.54, 1.807) is 24.3 Å². The Bertz CT molecular complexity index is 808. The van der Waals surface area contributed by atoms with Crippen molar-refractivity contribution in [3.8, 4) is 5.75 Å². The molecule has 0 aliphatic rings. The third-order valence-corrected chi connectivity index (χ3v) is 3.70. The number of ether oxygens (including phenoxy) is 1. The van der Waals surface area contributed by atoms with Gasteiger partial charge in [-0.1, -0.05) is 15.9 Å². The first kappa shape index (κ1) is 18.4. The lowest BCUT2D eigenvalue weighted by Gasteiger charge is -2.08. The Hall–Kier alpha value is -2.94. The second-order valence-corrected chi connectivity index (χ2v) is 5.80. The molecule has 130 valence electrons. The summed E-state index contributed by atoms with van der Waals surface area (Å²) in [5, 5.41) is 16.0. The fourth-order valence-corrected chi connectivity index (χ4v) is 2.24. The number of amides is 2. The van der Waals surface area contributed by atoms with Gasteiger partial charge in [0.05, 0.1) is 18.6 Å². The van der Waals surface area contributed by atoms with Crippen molar-refractivity contribution in [1.82, 2.24) is 5.32 Å². The van der Waals surface area contributed by atoms with Crippen LogP contribution in [-0.2, 0) is 4.79 Å². The van der Waals surface area contributed by atoms with Crippen LogP contribution in [0, 0.1) is 10.1 Å². The zero-order chi connectivity index (χ0) is 18.4. The molecule has 25 heavy (non-hydrogen) atoms. The number of carbonyl (C=O) groups excluding carboxylic acids is 2. The first-order valence-electron chi connectivity index (χ1n) is 7.06. The highest BCUT2D eigenvalue weighted by molar-refractivity contribution is 9.10. The van der Waals surface area contributed by atoms with Gasteiger partial charge < -0.3 is 15.4 Å². The van der Waals surface area contributed by atoms with E-state index < -0.39 is 16.7 Å². The average molecular weight is 408 g/mol. The monoisotopic (exact) mass is 407 g/mol. The van der Waals surface area contributed by atoms with Crippen LogP contribution in [0.25, 0.3) is 0 Å². The van der Waals surface area contributed by atoms with Gasteiger partial charge in [0, 0.05) is 21.8 Å². The molecule has 9 heteroatoms. The van der Waals surface area contributed by atoms with Gasteiger partial charge in [-0.15, -0.1) is 0 Å². The minimum atomic E-state index is -0.643. The number of benzene rings is 2. The molecule has 0 aliphatic carbocycles. The minimum Gasteiger partial charge on any atom is -0.490 e. The summed E-state index contributed by atoms with van der Waals surface area (Å²) in [6.07, 6.45) is 0. The predicted octanol–water partition coefficient (Wildman–Crippen LogP) is 2.73. The van der Waals surface area contributed by atoms with Crippen molar-refractivity contribution in [2.45, 2.75) is 0 Å². The van der Waals surface area contributed by atoms with E-state index in [4.69, 9.17) is 4.74 Å². The maximum absolute atomic E-state index is 12.1. The molecular weight excluding hydrogens is 394 g/mol. The molecule has 2 amide bonds. The third kappa shape index (κ3) is 5.01. The number of nitrogens with zero attached hydrogens (tertiary/aromatic N) is 1. The van der Waals surface area contributed by atoms with Crippen molar-refractivity contribution in [1.29, 1.82) is 0 Å². The molecule has 0 saturated carbocycles. The lowest BCUT2D eigenvalue weighted by atomic mass is 10.1. The summed E-state index contributed by atoms with van der Waals surface area (Å²) >= 11 is 3.29. The maximum atomic E-state index is 12.1. The molecule has 2 N–H and O–H groups in total. The highest BCUT2D eigenvalue weighted by Gasteiger charge is 2.18. The fourth-order valence-electron chi connectivity index (χ4n) is 1.97. The van der Waals surface area contributed by atoms with E-state index in [1.165, 1.54) is 19.2 Å². The van der Waals surface area contributed by atoms with Gasteiger partial charge in [-0.2, -0.15) is 0 Å². The number of nitrogens with one attached hydrogen (secondary N) is 2. The van der Waals surface area contributed by atoms with Gasteiger partial charge in [0.2, 0.25) is 5.91 Å². The number of rotatable bonds is 6. The topological polar surface area (TPSA) is 111 Å². The van der Waals surface area contributed by atoms with Crippen molar-refractivity contribution in [3.63, 3.8) is 0 Å². The largest absolute Gasteiger partial charge is 0.490 e. The van der Waals surface area contributed by atoms with Crippen LogP contribution in [0.15, 0.2) is 46.9 Å². The van der Waals surface area contributed by atoms with E-state index in [0.29, 0.717) is 5.69 Å². The van der Waals surface area contributed by atoms with Crippen LogP contribution in [0.2, 0.25) is 0 Å². The van der Waals surface area contributed by atoms with Gasteiger partial charge >= 0.3 is 5.69 Å². The summed E-state index contributed by atoms with van der Waals surface area (Å²) in [5.41, 5.74) is 0.320. The molecule has 0 bridgehead atoms. The highest BCUT2D eigenvalue weighted by atomic mass is 79.9. The van der Waals surface area contributed by atoms with Gasteiger partial charge in [0.15, 0.2) is 5.75 Å². The van der Waals surface area contributed by atoms with Crippen LogP contribution in [0.1, 0.15) is 10.4 Å². The molecule has 0 fully saturated rings. The molecule has 0 saturated heterocycles. The molecule has 0 aliphatic heterocycles. The number of hydrogen-bond acceptors (Lipinski definition) is 5. The Labute approximate surface area is 151 Å². The Balaban J connectivity index is 1.97. The van der Waals surface area contributed by atoms with Gasteiger partial charge in [-0.05, 0) is 36.4 Å². The molecule has 0 atom stereocenters. The predicted molar refractivity (Wildman–Crippen MR) is 94.8 cm³/mol. The van der Waals surface area contributed by atoms with Crippen molar-refractivity contribution >= 4 is 39.1 Å². The van der Waals surface area contributed by atoms with Crippen molar-refractivity contribution in [2.24, 2.45) is 0 Å². The summed E-state index contributed by atoms with van der Waals surface area (Å²) in [5.74, 6) is -0.968. The number of hydrogen-bond donors (Lipinski definition) is 2. The van der Waals surface area contributed by atoms with Gasteiger partial charge in [0.25, 0.3) is 5.91 Å². The van der Waals surface area contributed by atoms with E-state index in [2.05, 4.69) is 26.6 Å². The normalized spacial score (nSPS) is 10.0. The van der Waals surface area contributed by atoms with E-state index in [1.807, 2.05) is 0 Å². The third-order valence-electron chi connectivity index (χ3n) is 3.18. The number of methoxy groups -OCH3 is 1. The summed E-state index contributed by atoms with van der Waals surface area (Å²) in [7, 11) is 1.30. The summed E-state index contributed by atoms with van der Waals surface area (Å²) in [4.78, 5) is 34.2. The van der Waals surface area contributed by atoms with E-state index in [9.17, 15) is 19.7 Å². The number of nitro benzene ring substituents is 1. The maximum Gasteiger partial charge on any atom is 0.311 e. The van der Waals surface area contributed by atoms with Gasteiger partial charge in [-0.3, -0.25) is 19.7 Å². The molecule has 2 aromatic rings. The molecule has 8 nitrogen and oxygen atoms in total. The molecule has 0 radical (unpaired) electrons. The van der Waals surface area contributed by atoms with Crippen LogP contribution in [0.4, 0.5) is 11.4 Å². The van der Waals surface area contributed by atoms with Crippen molar-refractivity contribution in [3.05, 3.63) is 62.6 Å². The lowest BCUT2D eigenvalue weighted by Crippen LogP contribution is -2.32. The number of nitro groups is 1. The fraction of sp³-hybridized carbons (Fsp3) is 0.125. The van der Waals surface area contributed by atoms with E-state index in [-0.39, 0.29) is 23.5 Å². The zero-order valence-electron chi connectivity index (χ0n) is 13.1. The Morgan fingerprint density at radius 2 is 1.88 bits per heavy atom. The Kier molecular flexibility index (Phi) is 6.07. The first-order chi connectivity index (χ1) is 11.9. The molecule has 0 unspecified atom stereocenters. The Morgan fingerprint density at radius 3 is 2.48 bits per heavy atom. The molecule has 2 aromatic carbocycles. The van der Waals surface area contributed by atoms with Crippen molar-refractivity contribution < 1.29 is 19.2 Å². The number of halogens is 1. The zero-order valence-corrected chi connectivity index (χ0v) is 14.7. The molecule has 0 heterocycles. The average Bonchev–Trinajstić information content (AvgIpc) is 2.61. The van der Waals surface area contributed by atoms with Crippen LogP contribution in [0.5, 0.6) is 5.75 Å². The summed E-state index contributed by atoms with van der Waals surface area (Å²) in [6.45, 7) is -0.269. The second-order valence-electron chi connectivity index (χ2n) is 4.88. The minimum absolute atomic E-state index is 0.0505. The van der Waals surface area contributed by atoms with Crippen LogP contribution in [0.3, 0.4) is 0 Å². The quantitative estimate of drug-likeness (QED) is 0.564. The molecule has 0 spiro atoms. The number of carbonyl (C=O) groups is 2. The molecule has 2 rings (SSSR count). The van der Waals surface area contributed by atoms with Crippen LogP contribution >= 0.6 is 15.9 Å². The SMILES string of the molecule is COc1ccc(C(=O)NCC(=O)Nc2ccc(Br)cc2)cc1[N+](=O)[O-]. The van der Waals surface area contributed by atoms with Gasteiger partial charge in [-0.25, -0.2) is 0 Å². The lowest BCUT2D eigenvalue weighted by molar-refractivity contribution is -0.385. The highest BCUT2D eigenvalue weighted by Crippen LogP contribution is 2.27. The van der Waals surface area contributed by atoms with E-state index in [0.717, 1.165) is 10.5 Å². The standard InChI is InChI=1S/C16H14BrN3O5/c1-25-14-7-2-10(8-13(14)20(23)24)16(22)18-9-15(21)19-12-5-3-11(17)4-6-12/h2-8H,9H2,1H3,(H,18,22)(H,19,21). The van der Waals surface area contributed by atoms with Crippen LogP contribution in [-0.4, -0.2) is 30.4 Å². The van der Waals surface area contributed by atoms with E-state index >= 15 is 0 Å². The summed E-state index contributed by atoms with van der Waals surface area (Å²) < 4.78 is 5.75.